The predicted molar refractivity (Wildman–Crippen MR) is 100 cm³/mol. The quantitative estimate of drug-likeness (QED) is 0.895. The molecule has 1 unspecified atom stereocenters. The van der Waals surface area contributed by atoms with Gasteiger partial charge < -0.3 is 10.2 Å². The summed E-state index contributed by atoms with van der Waals surface area (Å²) < 4.78 is 1.03. The van der Waals surface area contributed by atoms with E-state index in [4.69, 9.17) is 0 Å². The largest absolute Gasteiger partial charge is 0.347 e. The summed E-state index contributed by atoms with van der Waals surface area (Å²) in [5.74, 6) is 0.662. The molecule has 1 N–H and O–H groups in total. The number of amides is 1. The third-order valence-electron chi connectivity index (χ3n) is 5.00. The minimum absolute atomic E-state index is 0.0316. The van der Waals surface area contributed by atoms with Crippen LogP contribution >= 0.6 is 23.1 Å². The highest BCUT2D eigenvalue weighted by molar-refractivity contribution is 8.01. The van der Waals surface area contributed by atoms with E-state index in [1.807, 2.05) is 36.4 Å². The molecule has 0 aliphatic carbocycles. The summed E-state index contributed by atoms with van der Waals surface area (Å²) in [4.78, 5) is 16.7. The van der Waals surface area contributed by atoms with Gasteiger partial charge in [0.25, 0.3) is 5.91 Å². The van der Waals surface area contributed by atoms with Crippen LogP contribution in [0.4, 0.5) is 0 Å². The molecule has 0 radical (unpaired) electrons. The third kappa shape index (κ3) is 3.59. The number of thiophene rings is 1. The van der Waals surface area contributed by atoms with Crippen LogP contribution in [0.5, 0.6) is 0 Å². The minimum Gasteiger partial charge on any atom is -0.347 e. The summed E-state index contributed by atoms with van der Waals surface area (Å²) in [5, 5.41) is 12.4. The van der Waals surface area contributed by atoms with Gasteiger partial charge in [-0.3, -0.25) is 4.79 Å². The van der Waals surface area contributed by atoms with Crippen molar-refractivity contribution in [3.63, 3.8) is 0 Å². The minimum atomic E-state index is 0.0316. The molecule has 6 heteroatoms. The Labute approximate surface area is 155 Å². The van der Waals surface area contributed by atoms with Gasteiger partial charge in [-0.2, -0.15) is 5.26 Å². The molecule has 128 valence electrons. The first kappa shape index (κ1) is 16.6. The van der Waals surface area contributed by atoms with Crippen LogP contribution in [0.15, 0.2) is 45.5 Å². The molecule has 3 saturated heterocycles. The van der Waals surface area contributed by atoms with Crippen molar-refractivity contribution >= 4 is 29.0 Å². The van der Waals surface area contributed by atoms with Gasteiger partial charge in [0.05, 0.1) is 14.6 Å². The van der Waals surface area contributed by atoms with Gasteiger partial charge >= 0.3 is 0 Å². The Morgan fingerprint density at radius 3 is 2.76 bits per heavy atom. The molecule has 2 bridgehead atoms. The third-order valence-corrected chi connectivity index (χ3v) is 7.29. The molecule has 1 atom stereocenters. The first-order chi connectivity index (χ1) is 12.2. The molecular formula is C19H19N3OS2. The van der Waals surface area contributed by atoms with Gasteiger partial charge in [0.2, 0.25) is 0 Å². The van der Waals surface area contributed by atoms with E-state index < -0.39 is 0 Å². The number of carbonyl (C=O) groups excluding carboxylic acids is 1. The number of carbonyl (C=O) groups is 1. The number of nitrogens with zero attached hydrogens (tertiary/aromatic N) is 2. The second-order valence-electron chi connectivity index (χ2n) is 6.55. The zero-order valence-corrected chi connectivity index (χ0v) is 15.4. The molecule has 4 heterocycles. The first-order valence-electron chi connectivity index (χ1n) is 8.53. The molecule has 3 aliphatic heterocycles. The number of nitriles is 1. The van der Waals surface area contributed by atoms with Gasteiger partial charge in [0.1, 0.15) is 6.07 Å². The first-order valence-corrected chi connectivity index (χ1v) is 10.2. The summed E-state index contributed by atoms with van der Waals surface area (Å²) in [6.07, 6.45) is 2.39. The van der Waals surface area contributed by atoms with Crippen molar-refractivity contribution in [1.29, 1.82) is 5.26 Å². The number of hydrogen-bond acceptors (Lipinski definition) is 5. The predicted octanol–water partition coefficient (Wildman–Crippen LogP) is 3.59. The van der Waals surface area contributed by atoms with E-state index in [0.717, 1.165) is 20.5 Å². The Morgan fingerprint density at radius 1 is 1.24 bits per heavy atom. The Balaban J connectivity index is 1.42. The Morgan fingerprint density at radius 2 is 2.04 bits per heavy atom. The summed E-state index contributed by atoms with van der Waals surface area (Å²) in [7, 11) is 0. The molecule has 5 rings (SSSR count). The molecule has 0 spiro atoms. The summed E-state index contributed by atoms with van der Waals surface area (Å²) in [6, 6.07) is 13.9. The molecule has 0 saturated carbocycles. The van der Waals surface area contributed by atoms with Crippen LogP contribution in [0, 0.1) is 17.2 Å². The van der Waals surface area contributed by atoms with Gasteiger partial charge in [-0.05, 0) is 56.1 Å². The molecule has 25 heavy (non-hydrogen) atoms. The molecule has 3 fully saturated rings. The molecule has 1 amide bonds. The Hall–Kier alpha value is -1.81. The average Bonchev–Trinajstić information content (AvgIpc) is 3.12. The number of benzene rings is 1. The van der Waals surface area contributed by atoms with E-state index in [0.29, 0.717) is 11.5 Å². The highest BCUT2D eigenvalue weighted by Crippen LogP contribution is 2.35. The van der Waals surface area contributed by atoms with Gasteiger partial charge in [-0.15, -0.1) is 11.3 Å². The van der Waals surface area contributed by atoms with E-state index in [1.165, 1.54) is 37.3 Å². The topological polar surface area (TPSA) is 56.1 Å². The lowest BCUT2D eigenvalue weighted by Crippen LogP contribution is -2.57. The molecule has 1 aromatic carbocycles. The lowest BCUT2D eigenvalue weighted by molar-refractivity contribution is 0.0622. The van der Waals surface area contributed by atoms with E-state index in [9.17, 15) is 10.1 Å². The maximum Gasteiger partial charge on any atom is 0.261 e. The highest BCUT2D eigenvalue weighted by atomic mass is 32.2. The molecular weight excluding hydrogens is 350 g/mol. The van der Waals surface area contributed by atoms with Crippen LogP contribution in [0.3, 0.4) is 0 Å². The number of hydrogen-bond donors (Lipinski definition) is 1. The van der Waals surface area contributed by atoms with Gasteiger partial charge in [-0.25, -0.2) is 0 Å². The lowest BCUT2D eigenvalue weighted by Gasteiger charge is -2.44. The highest BCUT2D eigenvalue weighted by Gasteiger charge is 2.35. The standard InChI is InChI=1S/C19H19N3OS2/c20-11-14-3-1-2-4-16(14)24-18-6-5-17(25-18)19(23)21-15-12-22-9-7-13(15)8-10-22/h1-6,13,15H,7-10,12H2,(H,21,23). The normalized spacial score (nSPS) is 24.7. The van der Waals surface area contributed by atoms with Crippen LogP contribution in [0.1, 0.15) is 28.1 Å². The van der Waals surface area contributed by atoms with Crippen LogP contribution in [-0.2, 0) is 0 Å². The molecule has 4 nitrogen and oxygen atoms in total. The summed E-state index contributed by atoms with van der Waals surface area (Å²) in [6.45, 7) is 3.34. The zero-order valence-electron chi connectivity index (χ0n) is 13.8. The smallest absolute Gasteiger partial charge is 0.261 e. The number of rotatable bonds is 4. The van der Waals surface area contributed by atoms with Crippen LogP contribution in [0.2, 0.25) is 0 Å². The molecule has 3 aliphatic rings. The van der Waals surface area contributed by atoms with E-state index in [2.05, 4.69) is 16.3 Å². The van der Waals surface area contributed by atoms with Gasteiger partial charge in [0, 0.05) is 17.5 Å². The number of piperidine rings is 3. The van der Waals surface area contributed by atoms with E-state index in [-0.39, 0.29) is 11.9 Å². The second kappa shape index (κ2) is 7.20. The molecule has 1 aromatic heterocycles. The SMILES string of the molecule is N#Cc1ccccc1Sc1ccc(C(=O)NC2CN3CCC2CC3)s1. The van der Waals surface area contributed by atoms with Gasteiger partial charge in [-0.1, -0.05) is 23.9 Å². The van der Waals surface area contributed by atoms with Crippen LogP contribution < -0.4 is 5.32 Å². The molecule has 2 aromatic rings. The number of nitrogens with one attached hydrogen (secondary N) is 1. The fraction of sp³-hybridized carbons (Fsp3) is 0.368. The maximum atomic E-state index is 12.6. The van der Waals surface area contributed by atoms with Crippen molar-refractivity contribution in [2.45, 2.75) is 28.0 Å². The van der Waals surface area contributed by atoms with Crippen molar-refractivity contribution in [3.05, 3.63) is 46.8 Å². The second-order valence-corrected chi connectivity index (χ2v) is 8.97. The summed E-state index contributed by atoms with van der Waals surface area (Å²) >= 11 is 3.03. The van der Waals surface area contributed by atoms with Crippen molar-refractivity contribution in [2.24, 2.45) is 5.92 Å². The average molecular weight is 370 g/mol. The van der Waals surface area contributed by atoms with Crippen molar-refractivity contribution in [1.82, 2.24) is 10.2 Å². The van der Waals surface area contributed by atoms with Crippen LogP contribution in [0.25, 0.3) is 0 Å². The summed E-state index contributed by atoms with van der Waals surface area (Å²) in [5.41, 5.74) is 0.666. The fourth-order valence-corrected chi connectivity index (χ4v) is 5.69. The number of fused-ring (bicyclic) bond motifs is 3. The maximum absolute atomic E-state index is 12.6. The van der Waals surface area contributed by atoms with Crippen molar-refractivity contribution in [3.8, 4) is 6.07 Å². The fourth-order valence-electron chi connectivity index (χ4n) is 3.62. The Bertz CT molecular complexity index is 818. The van der Waals surface area contributed by atoms with Crippen molar-refractivity contribution in [2.75, 3.05) is 19.6 Å². The van der Waals surface area contributed by atoms with E-state index >= 15 is 0 Å². The Kier molecular flexibility index (Phi) is 4.80. The lowest BCUT2D eigenvalue weighted by atomic mass is 9.84. The monoisotopic (exact) mass is 369 g/mol. The van der Waals surface area contributed by atoms with E-state index in [1.54, 1.807) is 11.8 Å². The van der Waals surface area contributed by atoms with Gasteiger partial charge in [0.15, 0.2) is 0 Å². The van der Waals surface area contributed by atoms with Crippen molar-refractivity contribution < 1.29 is 4.79 Å². The van der Waals surface area contributed by atoms with Crippen LogP contribution in [-0.4, -0.2) is 36.5 Å². The zero-order chi connectivity index (χ0) is 17.2.